The van der Waals surface area contributed by atoms with Gasteiger partial charge in [-0.1, -0.05) is 18.2 Å². The molecule has 2 heterocycles. The lowest BCUT2D eigenvalue weighted by Gasteiger charge is -2.14. The van der Waals surface area contributed by atoms with Crippen LogP contribution >= 0.6 is 11.8 Å². The predicted octanol–water partition coefficient (Wildman–Crippen LogP) is 4.43. The zero-order chi connectivity index (χ0) is 22.5. The Hall–Kier alpha value is -3.62. The number of benzene rings is 2. The summed E-state index contributed by atoms with van der Waals surface area (Å²) in [5.41, 5.74) is 2.60. The first kappa shape index (κ1) is 21.6. The quantitative estimate of drug-likeness (QED) is 0.542. The number of ether oxygens (including phenoxy) is 1. The monoisotopic (exact) mass is 447 g/mol. The van der Waals surface area contributed by atoms with E-state index in [2.05, 4.69) is 4.99 Å². The average Bonchev–Trinajstić information content (AvgIpc) is 3.38. The summed E-state index contributed by atoms with van der Waals surface area (Å²) in [4.78, 5) is 31.1. The number of para-hydroxylation sites is 1. The van der Waals surface area contributed by atoms with E-state index in [1.807, 2.05) is 59.3 Å². The summed E-state index contributed by atoms with van der Waals surface area (Å²) >= 11 is 1.32. The van der Waals surface area contributed by atoms with Crippen LogP contribution in [-0.4, -0.2) is 51.9 Å². The van der Waals surface area contributed by atoms with E-state index >= 15 is 0 Å². The van der Waals surface area contributed by atoms with Gasteiger partial charge in [0.05, 0.1) is 29.3 Å². The van der Waals surface area contributed by atoms with E-state index in [-0.39, 0.29) is 11.5 Å². The highest BCUT2D eigenvalue weighted by Gasteiger charge is 2.33. The SMILES string of the molecule is COCCN1C(=O)/C(=C/c2cccn2-c2ccc(C(=O)O)cc2)SC1=Nc1ccccc1. The van der Waals surface area contributed by atoms with Crippen LogP contribution in [0, 0.1) is 0 Å². The molecule has 4 rings (SSSR count). The summed E-state index contributed by atoms with van der Waals surface area (Å²) in [5, 5.41) is 9.72. The largest absolute Gasteiger partial charge is 0.478 e. The summed E-state index contributed by atoms with van der Waals surface area (Å²) in [5.74, 6) is -1.10. The Kier molecular flexibility index (Phi) is 6.53. The van der Waals surface area contributed by atoms with Crippen molar-refractivity contribution in [3.63, 3.8) is 0 Å². The fourth-order valence-electron chi connectivity index (χ4n) is 3.23. The van der Waals surface area contributed by atoms with Crippen molar-refractivity contribution in [3.05, 3.63) is 89.1 Å². The van der Waals surface area contributed by atoms with Crippen molar-refractivity contribution < 1.29 is 19.4 Å². The molecular formula is C24H21N3O4S. The highest BCUT2D eigenvalue weighted by atomic mass is 32.2. The summed E-state index contributed by atoms with van der Waals surface area (Å²) in [6, 6.07) is 19.9. The number of nitrogens with zero attached hydrogens (tertiary/aromatic N) is 3. The molecule has 1 aromatic heterocycles. The second-order valence-corrected chi connectivity index (χ2v) is 7.95. The number of aromatic nitrogens is 1. The predicted molar refractivity (Wildman–Crippen MR) is 125 cm³/mol. The third-order valence-corrected chi connectivity index (χ3v) is 5.85. The number of carboxylic acid groups (broad SMARTS) is 1. The molecule has 32 heavy (non-hydrogen) atoms. The van der Waals surface area contributed by atoms with Gasteiger partial charge in [0.25, 0.3) is 5.91 Å². The molecule has 0 bridgehead atoms. The van der Waals surface area contributed by atoms with E-state index in [4.69, 9.17) is 9.84 Å². The number of rotatable bonds is 7. The van der Waals surface area contributed by atoms with Crippen LogP contribution in [0.3, 0.4) is 0 Å². The van der Waals surface area contributed by atoms with E-state index < -0.39 is 5.97 Å². The summed E-state index contributed by atoms with van der Waals surface area (Å²) < 4.78 is 7.07. The van der Waals surface area contributed by atoms with Gasteiger partial charge < -0.3 is 14.4 Å². The zero-order valence-corrected chi connectivity index (χ0v) is 18.2. The van der Waals surface area contributed by atoms with Gasteiger partial charge >= 0.3 is 5.97 Å². The van der Waals surface area contributed by atoms with Gasteiger partial charge in [-0.25, -0.2) is 9.79 Å². The van der Waals surface area contributed by atoms with Crippen molar-refractivity contribution in [3.8, 4) is 5.69 Å². The Morgan fingerprint density at radius 2 is 1.84 bits per heavy atom. The highest BCUT2D eigenvalue weighted by molar-refractivity contribution is 8.18. The first-order valence-corrected chi connectivity index (χ1v) is 10.7. The Morgan fingerprint density at radius 1 is 1.09 bits per heavy atom. The van der Waals surface area contributed by atoms with Crippen molar-refractivity contribution in [2.45, 2.75) is 0 Å². The zero-order valence-electron chi connectivity index (χ0n) is 17.3. The number of carbonyl (C=O) groups excluding carboxylic acids is 1. The Labute approximate surface area is 189 Å². The van der Waals surface area contributed by atoms with Gasteiger partial charge in [-0.05, 0) is 66.4 Å². The number of hydrogen-bond acceptors (Lipinski definition) is 5. The van der Waals surface area contributed by atoms with Crippen LogP contribution < -0.4 is 0 Å². The summed E-state index contributed by atoms with van der Waals surface area (Å²) in [6.45, 7) is 0.808. The third kappa shape index (κ3) is 4.66. The molecule has 0 atom stereocenters. The first-order chi connectivity index (χ1) is 15.6. The standard InChI is InChI=1S/C24H21N3O4S/c1-31-15-14-27-22(28)21(32-24(27)25-18-6-3-2-4-7-18)16-20-8-5-13-26(20)19-11-9-17(10-12-19)23(29)30/h2-13,16H,14-15H2,1H3,(H,29,30)/b21-16-,25-24?. The lowest BCUT2D eigenvalue weighted by atomic mass is 10.2. The number of thioether (sulfide) groups is 1. The molecule has 0 radical (unpaired) electrons. The summed E-state index contributed by atoms with van der Waals surface area (Å²) in [7, 11) is 1.60. The maximum Gasteiger partial charge on any atom is 0.335 e. The van der Waals surface area contributed by atoms with Crippen LogP contribution in [0.1, 0.15) is 16.1 Å². The Bertz CT molecular complexity index is 1180. The van der Waals surface area contributed by atoms with Crippen LogP contribution in [0.2, 0.25) is 0 Å². The van der Waals surface area contributed by atoms with Gasteiger partial charge in [0, 0.05) is 24.7 Å². The minimum absolute atomic E-state index is 0.129. The van der Waals surface area contributed by atoms with Crippen molar-refractivity contribution in [1.29, 1.82) is 0 Å². The molecule has 1 saturated heterocycles. The molecule has 3 aromatic rings. The molecule has 1 fully saturated rings. The number of amidine groups is 1. The van der Waals surface area contributed by atoms with Gasteiger partial charge in [-0.3, -0.25) is 9.69 Å². The highest BCUT2D eigenvalue weighted by Crippen LogP contribution is 2.34. The molecule has 8 heteroatoms. The van der Waals surface area contributed by atoms with Crippen molar-refractivity contribution in [2.75, 3.05) is 20.3 Å². The minimum Gasteiger partial charge on any atom is -0.478 e. The molecule has 1 aliphatic heterocycles. The van der Waals surface area contributed by atoms with E-state index in [1.54, 1.807) is 36.3 Å². The van der Waals surface area contributed by atoms with E-state index in [0.717, 1.165) is 17.1 Å². The second-order valence-electron chi connectivity index (χ2n) is 6.95. The molecule has 0 aliphatic carbocycles. The van der Waals surface area contributed by atoms with Gasteiger partial charge in [0.2, 0.25) is 0 Å². The number of amides is 1. The number of hydrogen-bond donors (Lipinski definition) is 1. The number of aliphatic imine (C=N–C) groups is 1. The molecule has 0 saturated carbocycles. The van der Waals surface area contributed by atoms with Gasteiger partial charge in [-0.15, -0.1) is 0 Å². The molecule has 2 aromatic carbocycles. The smallest absolute Gasteiger partial charge is 0.335 e. The number of methoxy groups -OCH3 is 1. The Balaban J connectivity index is 1.66. The van der Waals surface area contributed by atoms with Crippen molar-refractivity contribution in [1.82, 2.24) is 9.47 Å². The van der Waals surface area contributed by atoms with Crippen molar-refractivity contribution in [2.24, 2.45) is 4.99 Å². The van der Waals surface area contributed by atoms with Crippen LogP contribution in [0.5, 0.6) is 0 Å². The first-order valence-electron chi connectivity index (χ1n) is 9.92. The number of aromatic carboxylic acids is 1. The van der Waals surface area contributed by atoms with Crippen LogP contribution in [-0.2, 0) is 9.53 Å². The molecule has 1 N–H and O–H groups in total. The molecule has 1 amide bonds. The van der Waals surface area contributed by atoms with E-state index in [1.165, 1.54) is 11.8 Å². The maximum absolute atomic E-state index is 13.1. The normalized spacial score (nSPS) is 16.3. The van der Waals surface area contributed by atoms with Gasteiger partial charge in [0.15, 0.2) is 5.17 Å². The fraction of sp³-hybridized carbons (Fsp3) is 0.125. The second kappa shape index (κ2) is 9.67. The summed E-state index contributed by atoms with van der Waals surface area (Å²) in [6.07, 6.45) is 3.69. The molecule has 162 valence electrons. The van der Waals surface area contributed by atoms with E-state index in [9.17, 15) is 9.59 Å². The maximum atomic E-state index is 13.1. The fourth-order valence-corrected chi connectivity index (χ4v) is 4.24. The Morgan fingerprint density at radius 3 is 2.53 bits per heavy atom. The molecular weight excluding hydrogens is 426 g/mol. The average molecular weight is 448 g/mol. The van der Waals surface area contributed by atoms with Crippen LogP contribution in [0.4, 0.5) is 5.69 Å². The van der Waals surface area contributed by atoms with Crippen LogP contribution in [0.15, 0.2) is 82.8 Å². The molecule has 0 unspecified atom stereocenters. The van der Waals surface area contributed by atoms with Crippen molar-refractivity contribution >= 4 is 40.6 Å². The van der Waals surface area contributed by atoms with Gasteiger partial charge in [-0.2, -0.15) is 0 Å². The minimum atomic E-state index is -0.972. The molecule has 0 spiro atoms. The topological polar surface area (TPSA) is 84.1 Å². The molecule has 7 nitrogen and oxygen atoms in total. The lowest BCUT2D eigenvalue weighted by Crippen LogP contribution is -2.32. The van der Waals surface area contributed by atoms with Gasteiger partial charge in [0.1, 0.15) is 0 Å². The van der Waals surface area contributed by atoms with Crippen LogP contribution in [0.25, 0.3) is 11.8 Å². The number of carboxylic acids is 1. The molecule has 1 aliphatic rings. The van der Waals surface area contributed by atoms with E-state index in [0.29, 0.717) is 23.2 Å². The lowest BCUT2D eigenvalue weighted by molar-refractivity contribution is -0.122. The number of carbonyl (C=O) groups is 2. The third-order valence-electron chi connectivity index (χ3n) is 4.84.